The van der Waals surface area contributed by atoms with E-state index in [0.29, 0.717) is 40.0 Å². The van der Waals surface area contributed by atoms with Crippen LogP contribution in [0.2, 0.25) is 0 Å². The fourth-order valence-electron chi connectivity index (χ4n) is 3.22. The minimum Gasteiger partial charge on any atom is -0.493 e. The number of fused-ring (bicyclic) bond motifs is 2. The maximum absolute atomic E-state index is 12.9. The molecule has 3 heterocycles. The lowest BCUT2D eigenvalue weighted by Crippen LogP contribution is -2.26. The lowest BCUT2D eigenvalue weighted by molar-refractivity contribution is 0.0852. The number of thiazole rings is 1. The molecule has 0 spiro atoms. The van der Waals surface area contributed by atoms with E-state index < -0.39 is 6.10 Å². The first kappa shape index (κ1) is 18.6. The molecule has 1 unspecified atom stereocenters. The number of hydrogen-bond acceptors (Lipinski definition) is 7. The summed E-state index contributed by atoms with van der Waals surface area (Å²) in [6.45, 7) is 2.98. The highest BCUT2D eigenvalue weighted by Gasteiger charge is 2.27. The molecule has 8 heteroatoms. The van der Waals surface area contributed by atoms with Gasteiger partial charge in [0.05, 0.1) is 11.1 Å². The van der Waals surface area contributed by atoms with Crippen LogP contribution in [0, 0.1) is 0 Å². The number of rotatable bonds is 5. The van der Waals surface area contributed by atoms with Gasteiger partial charge in [0, 0.05) is 5.56 Å². The average Bonchev–Trinajstić information content (AvgIpc) is 3.32. The van der Waals surface area contributed by atoms with Gasteiger partial charge in [-0.1, -0.05) is 48.6 Å². The van der Waals surface area contributed by atoms with E-state index in [1.54, 1.807) is 0 Å². The Labute approximate surface area is 176 Å². The molecule has 0 N–H and O–H groups in total. The molecule has 0 fully saturated rings. The van der Waals surface area contributed by atoms with Crippen molar-refractivity contribution in [2.45, 2.75) is 19.4 Å². The Hall–Kier alpha value is -3.39. The van der Waals surface area contributed by atoms with Crippen molar-refractivity contribution in [1.82, 2.24) is 14.6 Å². The summed E-state index contributed by atoms with van der Waals surface area (Å²) < 4.78 is 19.3. The summed E-state index contributed by atoms with van der Waals surface area (Å²) in [5.41, 5.74) is 0.643. The third-order valence-electron chi connectivity index (χ3n) is 4.66. The third-order valence-corrected chi connectivity index (χ3v) is 5.62. The highest BCUT2D eigenvalue weighted by molar-refractivity contribution is 7.15. The second-order valence-electron chi connectivity index (χ2n) is 6.83. The van der Waals surface area contributed by atoms with Crippen molar-refractivity contribution in [3.8, 4) is 17.2 Å². The van der Waals surface area contributed by atoms with E-state index in [2.05, 4.69) is 17.0 Å². The minimum absolute atomic E-state index is 0.212. The molecule has 0 saturated carbocycles. The van der Waals surface area contributed by atoms with Gasteiger partial charge in [-0.25, -0.2) is 0 Å². The molecule has 152 valence electrons. The number of benzene rings is 2. The predicted octanol–water partition coefficient (Wildman–Crippen LogP) is 3.00. The van der Waals surface area contributed by atoms with Crippen molar-refractivity contribution in [3.05, 3.63) is 74.8 Å². The maximum Gasteiger partial charge on any atom is 0.291 e. The molecule has 7 nitrogen and oxygen atoms in total. The molecular formula is C22H19N3O4S. The van der Waals surface area contributed by atoms with Crippen molar-refractivity contribution in [2.24, 2.45) is 0 Å². The van der Waals surface area contributed by atoms with Crippen LogP contribution in [-0.4, -0.2) is 27.8 Å². The average molecular weight is 421 g/mol. The molecule has 1 aliphatic rings. The van der Waals surface area contributed by atoms with Crippen LogP contribution in [0.1, 0.15) is 30.8 Å². The second-order valence-corrected chi connectivity index (χ2v) is 7.84. The van der Waals surface area contributed by atoms with Crippen LogP contribution in [0.5, 0.6) is 17.2 Å². The topological polar surface area (TPSA) is 74.9 Å². The summed E-state index contributed by atoms with van der Waals surface area (Å²) in [5, 5.41) is 4.39. The van der Waals surface area contributed by atoms with Gasteiger partial charge in [0.1, 0.15) is 12.4 Å². The molecule has 0 bridgehead atoms. The van der Waals surface area contributed by atoms with Gasteiger partial charge < -0.3 is 14.2 Å². The molecule has 5 rings (SSSR count). The van der Waals surface area contributed by atoms with E-state index in [0.717, 1.165) is 17.7 Å². The summed E-state index contributed by atoms with van der Waals surface area (Å²) in [7, 11) is 0. The van der Waals surface area contributed by atoms with Gasteiger partial charge in [-0.15, -0.1) is 5.10 Å². The van der Waals surface area contributed by atoms with Crippen LogP contribution in [-0.2, 0) is 0 Å². The number of ether oxygens (including phenoxy) is 3. The van der Waals surface area contributed by atoms with E-state index in [-0.39, 0.29) is 5.56 Å². The first-order valence-corrected chi connectivity index (χ1v) is 10.6. The third kappa shape index (κ3) is 3.39. The van der Waals surface area contributed by atoms with Gasteiger partial charge in [0.2, 0.25) is 4.96 Å². The van der Waals surface area contributed by atoms with Gasteiger partial charge >= 0.3 is 0 Å². The van der Waals surface area contributed by atoms with E-state index in [1.165, 1.54) is 15.9 Å². The largest absolute Gasteiger partial charge is 0.493 e. The fraction of sp³-hybridized carbons (Fsp3) is 0.227. The minimum atomic E-state index is -0.456. The normalized spacial score (nSPS) is 16.2. The number of para-hydroxylation sites is 3. The van der Waals surface area contributed by atoms with Gasteiger partial charge in [0.25, 0.3) is 5.56 Å². The van der Waals surface area contributed by atoms with Crippen LogP contribution in [0.25, 0.3) is 11.0 Å². The van der Waals surface area contributed by atoms with E-state index in [9.17, 15) is 4.79 Å². The molecule has 0 saturated heterocycles. The second kappa shape index (κ2) is 7.79. The summed E-state index contributed by atoms with van der Waals surface area (Å²) >= 11 is 1.29. The molecule has 0 aliphatic carbocycles. The first-order valence-electron chi connectivity index (χ1n) is 9.74. The SMILES string of the molecule is CCCOc1ccccc1C=c1sc2nc(C3COc4ccccc4O3)nn2c1=O. The molecular weight excluding hydrogens is 402 g/mol. The standard InChI is InChI=1S/C22H19N3O4S/c1-2-11-27-15-8-4-3-7-14(15)12-19-21(26)25-22(30-19)23-20(24-25)18-13-28-16-9-5-6-10-17(16)29-18/h3-10,12,18H,2,11,13H2,1H3. The smallest absolute Gasteiger partial charge is 0.291 e. The number of aromatic nitrogens is 3. The van der Waals surface area contributed by atoms with E-state index >= 15 is 0 Å². The summed E-state index contributed by atoms with van der Waals surface area (Å²) in [6, 6.07) is 15.1. The van der Waals surface area contributed by atoms with Crippen molar-refractivity contribution >= 4 is 22.4 Å². The summed E-state index contributed by atoms with van der Waals surface area (Å²) in [6.07, 6.45) is 2.28. The molecule has 2 aromatic carbocycles. The molecule has 2 aromatic heterocycles. The molecule has 1 atom stereocenters. The van der Waals surface area contributed by atoms with Crippen LogP contribution < -0.4 is 24.3 Å². The first-order chi connectivity index (χ1) is 14.7. The monoisotopic (exact) mass is 421 g/mol. The Morgan fingerprint density at radius 2 is 2.00 bits per heavy atom. The van der Waals surface area contributed by atoms with Gasteiger partial charge in [0.15, 0.2) is 23.4 Å². The van der Waals surface area contributed by atoms with E-state index in [1.807, 2.05) is 54.6 Å². The van der Waals surface area contributed by atoms with Crippen LogP contribution in [0.3, 0.4) is 0 Å². The lowest BCUT2D eigenvalue weighted by atomic mass is 10.2. The maximum atomic E-state index is 12.9. The van der Waals surface area contributed by atoms with Gasteiger partial charge in [-0.3, -0.25) is 4.79 Å². The van der Waals surface area contributed by atoms with Crippen LogP contribution in [0.4, 0.5) is 0 Å². The Bertz CT molecular complexity index is 1310. The Balaban J connectivity index is 1.47. The van der Waals surface area contributed by atoms with Gasteiger partial charge in [-0.2, -0.15) is 9.50 Å². The summed E-state index contributed by atoms with van der Waals surface area (Å²) in [5.74, 6) is 2.53. The van der Waals surface area contributed by atoms with Crippen LogP contribution in [0.15, 0.2) is 53.3 Å². The number of nitrogens with zero attached hydrogens (tertiary/aromatic N) is 3. The Kier molecular flexibility index (Phi) is 4.84. The summed E-state index contributed by atoms with van der Waals surface area (Å²) in [4.78, 5) is 17.9. The molecule has 0 amide bonds. The molecule has 30 heavy (non-hydrogen) atoms. The van der Waals surface area contributed by atoms with Crippen molar-refractivity contribution in [1.29, 1.82) is 0 Å². The fourth-order valence-corrected chi connectivity index (χ4v) is 4.12. The highest BCUT2D eigenvalue weighted by atomic mass is 32.1. The lowest BCUT2D eigenvalue weighted by Gasteiger charge is -2.24. The zero-order valence-corrected chi connectivity index (χ0v) is 17.1. The van der Waals surface area contributed by atoms with Crippen molar-refractivity contribution in [2.75, 3.05) is 13.2 Å². The Morgan fingerprint density at radius 1 is 1.20 bits per heavy atom. The molecule has 0 radical (unpaired) electrons. The van der Waals surface area contributed by atoms with Crippen LogP contribution >= 0.6 is 11.3 Å². The zero-order chi connectivity index (χ0) is 20.5. The van der Waals surface area contributed by atoms with E-state index in [4.69, 9.17) is 14.2 Å². The van der Waals surface area contributed by atoms with Crippen molar-refractivity contribution < 1.29 is 14.2 Å². The number of hydrogen-bond donors (Lipinski definition) is 0. The Morgan fingerprint density at radius 3 is 2.83 bits per heavy atom. The molecule has 1 aliphatic heterocycles. The predicted molar refractivity (Wildman–Crippen MR) is 113 cm³/mol. The molecule has 4 aromatic rings. The van der Waals surface area contributed by atoms with Gasteiger partial charge in [-0.05, 0) is 30.7 Å². The highest BCUT2D eigenvalue weighted by Crippen LogP contribution is 2.35. The van der Waals surface area contributed by atoms with Crippen molar-refractivity contribution in [3.63, 3.8) is 0 Å². The quantitative estimate of drug-likeness (QED) is 0.493. The zero-order valence-electron chi connectivity index (χ0n) is 16.3.